The fraction of sp³-hybridized carbons (Fsp3) is 0.938. The van der Waals surface area contributed by atoms with E-state index in [0.717, 1.165) is 32.4 Å². The maximum atomic E-state index is 11.7. The zero-order chi connectivity index (χ0) is 15.6. The molecule has 4 atom stereocenters. The lowest BCUT2D eigenvalue weighted by molar-refractivity contribution is -0.145. The van der Waals surface area contributed by atoms with Crippen LogP contribution in [0.2, 0.25) is 0 Å². The van der Waals surface area contributed by atoms with E-state index in [2.05, 4.69) is 24.1 Å². The molecule has 5 nitrogen and oxygen atoms in total. The molecule has 0 aromatic carbocycles. The van der Waals surface area contributed by atoms with Crippen LogP contribution in [0.15, 0.2) is 0 Å². The lowest BCUT2D eigenvalue weighted by atomic mass is 9.89. The molecule has 2 rings (SSSR count). The van der Waals surface area contributed by atoms with Gasteiger partial charge in [0.1, 0.15) is 5.54 Å². The van der Waals surface area contributed by atoms with Crippen LogP contribution in [0.5, 0.6) is 0 Å². The Hall–Kier alpha value is -0.650. The molecule has 122 valence electrons. The Balaban J connectivity index is 1.94. The van der Waals surface area contributed by atoms with Gasteiger partial charge >= 0.3 is 5.97 Å². The molecule has 1 saturated carbocycles. The van der Waals surface area contributed by atoms with Crippen LogP contribution in [-0.2, 0) is 9.53 Å². The van der Waals surface area contributed by atoms with E-state index < -0.39 is 11.5 Å². The number of carboxylic acids is 1. The van der Waals surface area contributed by atoms with Crippen molar-refractivity contribution < 1.29 is 14.6 Å². The molecule has 2 N–H and O–H groups in total. The van der Waals surface area contributed by atoms with Crippen molar-refractivity contribution in [3.8, 4) is 0 Å². The lowest BCUT2D eigenvalue weighted by Gasteiger charge is -2.41. The number of nitrogens with one attached hydrogen (secondary N) is 1. The van der Waals surface area contributed by atoms with Crippen LogP contribution in [0.3, 0.4) is 0 Å². The summed E-state index contributed by atoms with van der Waals surface area (Å²) < 4.78 is 5.56. The highest BCUT2D eigenvalue weighted by Crippen LogP contribution is 2.28. The second-order valence-corrected chi connectivity index (χ2v) is 7.14. The molecule has 0 bridgehead atoms. The average Bonchev–Trinajstić information content (AvgIpc) is 3.22. The number of hydrogen-bond donors (Lipinski definition) is 2. The van der Waals surface area contributed by atoms with Gasteiger partial charge in [-0.3, -0.25) is 15.0 Å². The third-order valence-corrected chi connectivity index (χ3v) is 5.12. The van der Waals surface area contributed by atoms with Crippen LogP contribution in [0.1, 0.15) is 46.5 Å². The first-order chi connectivity index (χ1) is 9.85. The molecule has 2 fully saturated rings. The summed E-state index contributed by atoms with van der Waals surface area (Å²) in [5, 5.41) is 12.9. The minimum absolute atomic E-state index is 0.238. The summed E-state index contributed by atoms with van der Waals surface area (Å²) in [5.41, 5.74) is -0.827. The molecule has 1 aliphatic carbocycles. The minimum Gasteiger partial charge on any atom is -0.480 e. The number of aliphatic carboxylic acids is 1. The number of methoxy groups -OCH3 is 1. The number of hydrogen-bond acceptors (Lipinski definition) is 4. The van der Waals surface area contributed by atoms with E-state index in [1.807, 2.05) is 6.92 Å². The SMILES string of the molecule is COC1CN(C(C)CC(C)(NC2CC2)C(=O)O)CCC1C. The van der Waals surface area contributed by atoms with Gasteiger partial charge in [0.05, 0.1) is 6.10 Å². The van der Waals surface area contributed by atoms with E-state index in [9.17, 15) is 9.90 Å². The molecule has 1 aliphatic heterocycles. The maximum absolute atomic E-state index is 11.7. The van der Waals surface area contributed by atoms with Crippen molar-refractivity contribution in [3.05, 3.63) is 0 Å². The molecular weight excluding hydrogens is 268 g/mol. The van der Waals surface area contributed by atoms with Gasteiger partial charge in [0.25, 0.3) is 0 Å². The van der Waals surface area contributed by atoms with Gasteiger partial charge in [-0.1, -0.05) is 6.92 Å². The fourth-order valence-electron chi connectivity index (χ4n) is 3.37. The molecule has 5 heteroatoms. The summed E-state index contributed by atoms with van der Waals surface area (Å²) in [6, 6.07) is 0.633. The zero-order valence-corrected chi connectivity index (χ0v) is 13.8. The summed E-state index contributed by atoms with van der Waals surface area (Å²) in [6.07, 6.45) is 4.20. The van der Waals surface area contributed by atoms with Gasteiger partial charge in [0, 0.05) is 25.7 Å². The number of nitrogens with zero attached hydrogens (tertiary/aromatic N) is 1. The van der Waals surface area contributed by atoms with Crippen molar-refractivity contribution in [2.75, 3.05) is 20.2 Å². The predicted molar refractivity (Wildman–Crippen MR) is 82.4 cm³/mol. The Labute approximate surface area is 128 Å². The Morgan fingerprint density at radius 3 is 2.67 bits per heavy atom. The van der Waals surface area contributed by atoms with Crippen molar-refractivity contribution >= 4 is 5.97 Å². The highest BCUT2D eigenvalue weighted by Gasteiger charge is 2.41. The first-order valence-corrected chi connectivity index (χ1v) is 8.13. The van der Waals surface area contributed by atoms with E-state index >= 15 is 0 Å². The Morgan fingerprint density at radius 2 is 2.14 bits per heavy atom. The summed E-state index contributed by atoms with van der Waals surface area (Å²) >= 11 is 0. The summed E-state index contributed by atoms with van der Waals surface area (Å²) in [4.78, 5) is 14.0. The second-order valence-electron chi connectivity index (χ2n) is 7.14. The second kappa shape index (κ2) is 6.63. The smallest absolute Gasteiger partial charge is 0.323 e. The molecule has 0 amide bonds. The Kier molecular flexibility index (Phi) is 5.28. The summed E-state index contributed by atoms with van der Waals surface area (Å²) in [6.45, 7) is 8.12. The number of rotatable bonds is 7. The predicted octanol–water partition coefficient (Wildman–Crippen LogP) is 1.72. The highest BCUT2D eigenvalue weighted by molar-refractivity contribution is 5.78. The fourth-order valence-corrected chi connectivity index (χ4v) is 3.37. The van der Waals surface area contributed by atoms with Crippen molar-refractivity contribution in [1.82, 2.24) is 10.2 Å². The Morgan fingerprint density at radius 1 is 1.48 bits per heavy atom. The lowest BCUT2D eigenvalue weighted by Crippen LogP contribution is -2.56. The number of carboxylic acid groups (broad SMARTS) is 1. The largest absolute Gasteiger partial charge is 0.480 e. The third-order valence-electron chi connectivity index (χ3n) is 5.12. The van der Waals surface area contributed by atoms with E-state index in [-0.39, 0.29) is 12.1 Å². The van der Waals surface area contributed by atoms with E-state index in [4.69, 9.17) is 4.74 Å². The monoisotopic (exact) mass is 298 g/mol. The molecule has 0 radical (unpaired) electrons. The normalized spacial score (nSPS) is 31.6. The van der Waals surface area contributed by atoms with Crippen LogP contribution >= 0.6 is 0 Å². The molecule has 1 heterocycles. The molecular formula is C16H30N2O3. The van der Waals surface area contributed by atoms with Gasteiger partial charge in [0.2, 0.25) is 0 Å². The summed E-state index contributed by atoms with van der Waals surface area (Å²) in [7, 11) is 1.77. The van der Waals surface area contributed by atoms with Crippen LogP contribution < -0.4 is 5.32 Å². The number of likely N-dealkylation sites (tertiary alicyclic amines) is 1. The molecule has 1 saturated heterocycles. The standard InChI is InChI=1S/C16H30N2O3/c1-11-7-8-18(10-14(11)21-4)12(2)9-16(3,15(19)20)17-13-5-6-13/h11-14,17H,5-10H2,1-4H3,(H,19,20). The van der Waals surface area contributed by atoms with Crippen LogP contribution in [0.25, 0.3) is 0 Å². The molecule has 0 aromatic rings. The molecule has 0 spiro atoms. The van der Waals surface area contributed by atoms with Gasteiger partial charge in [0.15, 0.2) is 0 Å². The van der Waals surface area contributed by atoms with Crippen molar-refractivity contribution in [3.63, 3.8) is 0 Å². The van der Waals surface area contributed by atoms with Gasteiger partial charge in [-0.05, 0) is 52.0 Å². The van der Waals surface area contributed by atoms with Crippen LogP contribution in [0.4, 0.5) is 0 Å². The van der Waals surface area contributed by atoms with E-state index in [1.165, 1.54) is 0 Å². The maximum Gasteiger partial charge on any atom is 0.323 e. The van der Waals surface area contributed by atoms with Gasteiger partial charge in [-0.15, -0.1) is 0 Å². The van der Waals surface area contributed by atoms with Crippen LogP contribution in [-0.4, -0.2) is 59.9 Å². The molecule has 21 heavy (non-hydrogen) atoms. The number of ether oxygens (including phenoxy) is 1. The number of piperidine rings is 1. The number of carbonyl (C=O) groups is 1. The average molecular weight is 298 g/mol. The van der Waals surface area contributed by atoms with Crippen molar-refractivity contribution in [2.24, 2.45) is 5.92 Å². The van der Waals surface area contributed by atoms with Gasteiger partial charge in [-0.2, -0.15) is 0 Å². The van der Waals surface area contributed by atoms with Gasteiger partial charge < -0.3 is 9.84 Å². The summed E-state index contributed by atoms with van der Waals surface area (Å²) in [5.74, 6) is -0.163. The first-order valence-electron chi connectivity index (χ1n) is 8.13. The topological polar surface area (TPSA) is 61.8 Å². The van der Waals surface area contributed by atoms with E-state index in [0.29, 0.717) is 18.4 Å². The third kappa shape index (κ3) is 4.18. The molecule has 2 aliphatic rings. The van der Waals surface area contributed by atoms with E-state index in [1.54, 1.807) is 7.11 Å². The van der Waals surface area contributed by atoms with Gasteiger partial charge in [-0.25, -0.2) is 0 Å². The van der Waals surface area contributed by atoms with Crippen molar-refractivity contribution in [2.45, 2.75) is 70.2 Å². The first kappa shape index (κ1) is 16.7. The minimum atomic E-state index is -0.827. The Bertz CT molecular complexity index is 373. The molecule has 4 unspecified atom stereocenters. The molecule has 0 aromatic heterocycles. The van der Waals surface area contributed by atoms with Crippen LogP contribution in [0, 0.1) is 5.92 Å². The quantitative estimate of drug-likeness (QED) is 0.749. The zero-order valence-electron chi connectivity index (χ0n) is 13.8. The van der Waals surface area contributed by atoms with Crippen molar-refractivity contribution in [1.29, 1.82) is 0 Å². The highest BCUT2D eigenvalue weighted by atomic mass is 16.5.